The minimum absolute atomic E-state index is 0.0735. The summed E-state index contributed by atoms with van der Waals surface area (Å²) in [5, 5.41) is 3.99. The van der Waals surface area contributed by atoms with Crippen molar-refractivity contribution in [2.75, 3.05) is 45.4 Å². The number of nitrogens with zero attached hydrogens (tertiary/aromatic N) is 5. The van der Waals surface area contributed by atoms with Crippen LogP contribution in [0.5, 0.6) is 11.5 Å². The third-order valence-electron chi connectivity index (χ3n) is 5.27. The second-order valence-electron chi connectivity index (χ2n) is 8.11. The number of nitrogens with one attached hydrogen (secondary N) is 1. The van der Waals surface area contributed by atoms with Crippen molar-refractivity contribution in [2.24, 2.45) is 0 Å². The van der Waals surface area contributed by atoms with Gasteiger partial charge < -0.3 is 25.4 Å². The van der Waals surface area contributed by atoms with Crippen molar-refractivity contribution < 1.29 is 9.47 Å². The Labute approximate surface area is 217 Å². The summed E-state index contributed by atoms with van der Waals surface area (Å²) in [5.41, 5.74) is 6.67. The van der Waals surface area contributed by atoms with Crippen LogP contribution in [0.15, 0.2) is 47.4 Å². The lowest BCUT2D eigenvalue weighted by atomic mass is 10.2. The Morgan fingerprint density at radius 3 is 2.56 bits per heavy atom. The van der Waals surface area contributed by atoms with E-state index >= 15 is 0 Å². The number of benzene rings is 2. The fourth-order valence-corrected chi connectivity index (χ4v) is 4.11. The third-order valence-corrected chi connectivity index (χ3v) is 5.88. The molecule has 0 aliphatic carbocycles. The normalized spacial score (nSPS) is 11.2. The standard InChI is InChI=1S/C24H25Cl2N7O3/c1-32(2)10-5-11-36-19-12-14(8-9-18(19)35-3)29-23-28-13-15-21(27)33(24(34)31-22(15)30-23)20-16(25)6-4-7-17(20)26/h4,6-9,12-13H,5,10-11,27H2,1-3H3,(H,29,30,31,34). The van der Waals surface area contributed by atoms with Gasteiger partial charge in [0.05, 0.1) is 34.8 Å². The molecule has 188 valence electrons. The van der Waals surface area contributed by atoms with Crippen molar-refractivity contribution in [1.29, 1.82) is 0 Å². The monoisotopic (exact) mass is 529 g/mol. The first-order valence-electron chi connectivity index (χ1n) is 11.0. The molecule has 0 atom stereocenters. The zero-order chi connectivity index (χ0) is 25.8. The Hall–Kier alpha value is -3.60. The van der Waals surface area contributed by atoms with E-state index in [1.807, 2.05) is 14.1 Å². The molecule has 0 saturated carbocycles. The molecule has 0 fully saturated rings. The summed E-state index contributed by atoms with van der Waals surface area (Å²) in [7, 11) is 5.61. The number of nitrogens with two attached hydrogens (primary N) is 1. The van der Waals surface area contributed by atoms with E-state index in [4.69, 9.17) is 38.4 Å². The summed E-state index contributed by atoms with van der Waals surface area (Å²) in [5.74, 6) is 1.50. The fraction of sp³-hybridized carbons (Fsp3) is 0.250. The van der Waals surface area contributed by atoms with Gasteiger partial charge in [-0.05, 0) is 44.8 Å². The number of anilines is 3. The van der Waals surface area contributed by atoms with Gasteiger partial charge in [-0.1, -0.05) is 29.3 Å². The predicted octanol–water partition coefficient (Wildman–Crippen LogP) is 4.15. The number of fused-ring (bicyclic) bond motifs is 1. The highest BCUT2D eigenvalue weighted by atomic mass is 35.5. The van der Waals surface area contributed by atoms with Crippen molar-refractivity contribution in [3.63, 3.8) is 0 Å². The lowest BCUT2D eigenvalue weighted by molar-refractivity contribution is 0.268. The molecule has 4 aromatic rings. The van der Waals surface area contributed by atoms with Gasteiger partial charge in [0.1, 0.15) is 5.82 Å². The smallest absolute Gasteiger partial charge is 0.355 e. The highest BCUT2D eigenvalue weighted by Crippen LogP contribution is 2.32. The molecular formula is C24H25Cl2N7O3. The van der Waals surface area contributed by atoms with Crippen molar-refractivity contribution in [3.8, 4) is 17.2 Å². The first-order chi connectivity index (χ1) is 17.3. The molecule has 2 aromatic carbocycles. The maximum atomic E-state index is 12.9. The van der Waals surface area contributed by atoms with Crippen LogP contribution in [0.1, 0.15) is 6.42 Å². The van der Waals surface area contributed by atoms with Crippen molar-refractivity contribution >= 4 is 51.7 Å². The first kappa shape index (κ1) is 25.5. The minimum atomic E-state index is -0.669. The minimum Gasteiger partial charge on any atom is -0.493 e. The first-order valence-corrected chi connectivity index (χ1v) is 11.8. The highest BCUT2D eigenvalue weighted by Gasteiger charge is 2.17. The van der Waals surface area contributed by atoms with Gasteiger partial charge in [-0.15, -0.1) is 0 Å². The van der Waals surface area contributed by atoms with Crippen LogP contribution in [-0.4, -0.2) is 58.8 Å². The molecule has 0 amide bonds. The molecule has 0 aliphatic rings. The van der Waals surface area contributed by atoms with Gasteiger partial charge in [0, 0.05) is 24.5 Å². The zero-order valence-electron chi connectivity index (χ0n) is 20.0. The van der Waals surface area contributed by atoms with Gasteiger partial charge in [-0.2, -0.15) is 9.97 Å². The zero-order valence-corrected chi connectivity index (χ0v) is 21.5. The topological polar surface area (TPSA) is 120 Å². The molecule has 3 N–H and O–H groups in total. The van der Waals surface area contributed by atoms with Crippen LogP contribution >= 0.6 is 23.2 Å². The lowest BCUT2D eigenvalue weighted by Gasteiger charge is -2.15. The lowest BCUT2D eigenvalue weighted by Crippen LogP contribution is -2.25. The summed E-state index contributed by atoms with van der Waals surface area (Å²) >= 11 is 12.5. The molecular weight excluding hydrogens is 505 g/mol. The number of nitrogen functional groups attached to an aromatic ring is 1. The molecule has 2 heterocycles. The molecule has 36 heavy (non-hydrogen) atoms. The van der Waals surface area contributed by atoms with Gasteiger partial charge in [-0.3, -0.25) is 0 Å². The van der Waals surface area contributed by atoms with Crippen LogP contribution in [0, 0.1) is 0 Å². The van der Waals surface area contributed by atoms with Crippen molar-refractivity contribution in [3.05, 3.63) is 63.1 Å². The summed E-state index contributed by atoms with van der Waals surface area (Å²) in [6.45, 7) is 1.45. The SMILES string of the molecule is COc1ccc(Nc2ncc3c(N)n(-c4c(Cl)cccc4Cl)c(=O)nc3n2)cc1OCCCN(C)C. The number of para-hydroxylation sites is 1. The van der Waals surface area contributed by atoms with Crippen LogP contribution in [-0.2, 0) is 0 Å². The fourth-order valence-electron chi connectivity index (χ4n) is 3.54. The maximum absolute atomic E-state index is 12.9. The average Bonchev–Trinajstić information content (AvgIpc) is 2.83. The van der Waals surface area contributed by atoms with E-state index in [1.165, 1.54) is 6.20 Å². The Balaban J connectivity index is 1.63. The van der Waals surface area contributed by atoms with Crippen LogP contribution in [0.3, 0.4) is 0 Å². The number of hydrogen-bond acceptors (Lipinski definition) is 9. The van der Waals surface area contributed by atoms with E-state index in [2.05, 4.69) is 25.2 Å². The number of aromatic nitrogens is 4. The summed E-state index contributed by atoms with van der Waals surface area (Å²) in [6.07, 6.45) is 2.35. The summed E-state index contributed by atoms with van der Waals surface area (Å²) in [6, 6.07) is 10.3. The van der Waals surface area contributed by atoms with Crippen LogP contribution in [0.2, 0.25) is 10.0 Å². The van der Waals surface area contributed by atoms with E-state index in [0.29, 0.717) is 29.2 Å². The Morgan fingerprint density at radius 2 is 1.86 bits per heavy atom. The van der Waals surface area contributed by atoms with E-state index in [-0.39, 0.29) is 33.1 Å². The molecule has 0 spiro atoms. The van der Waals surface area contributed by atoms with E-state index in [9.17, 15) is 4.79 Å². The number of halogens is 2. The van der Waals surface area contributed by atoms with Gasteiger partial charge >= 0.3 is 5.69 Å². The predicted molar refractivity (Wildman–Crippen MR) is 142 cm³/mol. The summed E-state index contributed by atoms with van der Waals surface area (Å²) in [4.78, 5) is 27.7. The number of hydrogen-bond donors (Lipinski definition) is 2. The third kappa shape index (κ3) is 5.46. The molecule has 0 unspecified atom stereocenters. The molecule has 10 nitrogen and oxygen atoms in total. The molecule has 0 aliphatic heterocycles. The summed E-state index contributed by atoms with van der Waals surface area (Å²) < 4.78 is 12.5. The largest absolute Gasteiger partial charge is 0.493 e. The molecule has 12 heteroatoms. The number of rotatable bonds is 9. The van der Waals surface area contributed by atoms with Crippen LogP contribution in [0.25, 0.3) is 16.7 Å². The van der Waals surface area contributed by atoms with Crippen LogP contribution in [0.4, 0.5) is 17.5 Å². The van der Waals surface area contributed by atoms with Crippen molar-refractivity contribution in [1.82, 2.24) is 24.4 Å². The second kappa shape index (κ2) is 11.0. The van der Waals surface area contributed by atoms with Gasteiger partial charge in [0.15, 0.2) is 17.1 Å². The molecule has 4 rings (SSSR count). The number of ether oxygens (including phenoxy) is 2. The van der Waals surface area contributed by atoms with Crippen molar-refractivity contribution in [2.45, 2.75) is 6.42 Å². The van der Waals surface area contributed by atoms with Gasteiger partial charge in [0.2, 0.25) is 5.95 Å². The maximum Gasteiger partial charge on any atom is 0.355 e. The van der Waals surface area contributed by atoms with E-state index < -0.39 is 5.69 Å². The molecule has 0 radical (unpaired) electrons. The second-order valence-corrected chi connectivity index (χ2v) is 8.93. The number of methoxy groups -OCH3 is 1. The van der Waals surface area contributed by atoms with Gasteiger partial charge in [0.25, 0.3) is 0 Å². The Kier molecular flexibility index (Phi) is 7.78. The van der Waals surface area contributed by atoms with Crippen LogP contribution < -0.4 is 26.2 Å². The Morgan fingerprint density at radius 1 is 1.11 bits per heavy atom. The van der Waals surface area contributed by atoms with E-state index in [0.717, 1.165) is 17.5 Å². The quantitative estimate of drug-likeness (QED) is 0.308. The molecule has 0 saturated heterocycles. The van der Waals surface area contributed by atoms with Gasteiger partial charge in [-0.25, -0.2) is 14.3 Å². The molecule has 2 aromatic heterocycles. The van der Waals surface area contributed by atoms with E-state index in [1.54, 1.807) is 43.5 Å². The molecule has 0 bridgehead atoms. The average molecular weight is 530 g/mol. The highest BCUT2D eigenvalue weighted by molar-refractivity contribution is 6.37. The Bertz CT molecular complexity index is 1440.